The molecule has 0 spiro atoms. The average molecular weight is 834 g/mol. The number of amides is 4. The summed E-state index contributed by atoms with van der Waals surface area (Å²) in [5.74, 6) is 8.08. The summed E-state index contributed by atoms with van der Waals surface area (Å²) >= 11 is 0. The zero-order valence-electron chi connectivity index (χ0n) is 35.8. The molecule has 4 fully saturated rings. The Morgan fingerprint density at radius 3 is 1.85 bits per heavy atom. The fourth-order valence-corrected chi connectivity index (χ4v) is 10.3. The number of aliphatic imine (C=N–C) groups is 1. The lowest BCUT2D eigenvalue weighted by molar-refractivity contribution is -0.137. The number of H-pyrrole nitrogens is 1. The number of carbonyl (C=O) groups excluding carboxylic acids is 4. The van der Waals surface area contributed by atoms with Crippen LogP contribution in [0.3, 0.4) is 0 Å². The van der Waals surface area contributed by atoms with Gasteiger partial charge in [0, 0.05) is 40.7 Å². The van der Waals surface area contributed by atoms with E-state index in [9.17, 15) is 19.2 Å². The number of likely N-dealkylation sites (tertiary alicyclic amines) is 2. The topological polar surface area (TPSA) is 158 Å². The van der Waals surface area contributed by atoms with Gasteiger partial charge in [-0.05, 0) is 107 Å². The summed E-state index contributed by atoms with van der Waals surface area (Å²) in [4.78, 5) is 69.8. The second kappa shape index (κ2) is 15.2. The second-order valence-electron chi connectivity index (χ2n) is 18.4. The summed E-state index contributed by atoms with van der Waals surface area (Å²) in [6.07, 6.45) is 3.16. The van der Waals surface area contributed by atoms with Crippen molar-refractivity contribution in [3.63, 3.8) is 0 Å². The first kappa shape index (κ1) is 39.7. The van der Waals surface area contributed by atoms with Crippen molar-refractivity contribution in [3.05, 3.63) is 83.2 Å². The van der Waals surface area contributed by atoms with E-state index < -0.39 is 24.3 Å². The Balaban J connectivity index is 0.856. The lowest BCUT2D eigenvalue weighted by atomic mass is 9.95. The molecule has 3 N–H and O–H groups in total. The molecule has 4 aromatic carbocycles. The van der Waals surface area contributed by atoms with Crippen molar-refractivity contribution in [2.24, 2.45) is 28.7 Å². The van der Waals surface area contributed by atoms with Gasteiger partial charge in [-0.1, -0.05) is 63.8 Å². The van der Waals surface area contributed by atoms with Crippen molar-refractivity contribution in [1.82, 2.24) is 30.4 Å². The molecule has 5 aliphatic rings. The number of nitrogens with zero attached hydrogens (tertiary/aromatic N) is 4. The zero-order chi connectivity index (χ0) is 43.1. The van der Waals surface area contributed by atoms with E-state index in [1.807, 2.05) is 49.6 Å². The molecule has 13 heteroatoms. The van der Waals surface area contributed by atoms with Gasteiger partial charge < -0.3 is 34.9 Å². The molecule has 2 saturated heterocycles. The molecule has 0 bridgehead atoms. The van der Waals surface area contributed by atoms with Crippen LogP contribution in [-0.2, 0) is 25.5 Å². The zero-order valence-corrected chi connectivity index (χ0v) is 35.8. The minimum absolute atomic E-state index is 0.0629. The Kier molecular flexibility index (Phi) is 9.72. The monoisotopic (exact) mass is 833 g/mol. The smallest absolute Gasteiger partial charge is 0.407 e. The van der Waals surface area contributed by atoms with Gasteiger partial charge in [-0.15, -0.1) is 0 Å². The van der Waals surface area contributed by atoms with E-state index in [1.54, 1.807) is 0 Å². The summed E-state index contributed by atoms with van der Waals surface area (Å²) in [5.41, 5.74) is 6.68. The van der Waals surface area contributed by atoms with Gasteiger partial charge in [0.25, 0.3) is 0 Å². The highest BCUT2D eigenvalue weighted by molar-refractivity contribution is 6.06. The highest BCUT2D eigenvalue weighted by Gasteiger charge is 2.57. The minimum Gasteiger partial charge on any atom is -0.453 e. The first-order valence-corrected chi connectivity index (χ1v) is 21.8. The van der Waals surface area contributed by atoms with E-state index in [-0.39, 0.29) is 47.8 Å². The number of aromatic nitrogens is 2. The van der Waals surface area contributed by atoms with Gasteiger partial charge in [0.15, 0.2) is 0 Å². The molecule has 4 amide bonds. The fraction of sp³-hybridized carbons (Fsp3) is 0.429. The number of alkyl carbamates (subject to hydrolysis) is 2. The Hall–Kier alpha value is -6.42. The van der Waals surface area contributed by atoms with Crippen LogP contribution in [0.2, 0.25) is 0 Å². The highest BCUT2D eigenvalue weighted by atomic mass is 16.5. The number of hydrogen-bond acceptors (Lipinski definition) is 8. The van der Waals surface area contributed by atoms with Crippen molar-refractivity contribution in [2.75, 3.05) is 14.2 Å². The molecule has 5 aromatic rings. The fourth-order valence-electron chi connectivity index (χ4n) is 10.3. The van der Waals surface area contributed by atoms with Crippen LogP contribution in [0.25, 0.3) is 32.6 Å². The van der Waals surface area contributed by atoms with Crippen molar-refractivity contribution in [3.8, 4) is 11.8 Å². The van der Waals surface area contributed by atoms with Gasteiger partial charge in [-0.25, -0.2) is 14.6 Å². The molecule has 2 saturated carbocycles. The molecular weight excluding hydrogens is 783 g/mol. The highest BCUT2D eigenvalue weighted by Crippen LogP contribution is 2.54. The van der Waals surface area contributed by atoms with Gasteiger partial charge in [0.2, 0.25) is 11.8 Å². The Labute approximate surface area is 360 Å². The molecule has 2 aliphatic carbocycles. The maximum Gasteiger partial charge on any atom is 0.407 e. The predicted octanol–water partition coefficient (Wildman–Crippen LogP) is 7.31. The van der Waals surface area contributed by atoms with Crippen LogP contribution >= 0.6 is 0 Å². The lowest BCUT2D eigenvalue weighted by Crippen LogP contribution is -2.55. The quantitative estimate of drug-likeness (QED) is 0.138. The number of imidazole rings is 1. The van der Waals surface area contributed by atoms with Crippen molar-refractivity contribution < 1.29 is 28.7 Å². The molecule has 0 radical (unpaired) electrons. The number of methoxy groups -OCH3 is 2. The average Bonchev–Trinajstić information content (AvgIpc) is 3.91. The van der Waals surface area contributed by atoms with Crippen LogP contribution in [0.1, 0.15) is 81.9 Å². The first-order chi connectivity index (χ1) is 29.9. The van der Waals surface area contributed by atoms with Gasteiger partial charge >= 0.3 is 12.2 Å². The molecular formula is C49H51N7O6. The molecule has 10 rings (SSSR count). The Morgan fingerprint density at radius 2 is 1.26 bits per heavy atom. The van der Waals surface area contributed by atoms with Crippen LogP contribution < -0.4 is 10.6 Å². The largest absolute Gasteiger partial charge is 0.453 e. The van der Waals surface area contributed by atoms with Crippen LogP contribution in [0.5, 0.6) is 0 Å². The van der Waals surface area contributed by atoms with Gasteiger partial charge in [0.1, 0.15) is 17.9 Å². The van der Waals surface area contributed by atoms with E-state index >= 15 is 0 Å². The number of nitrogens with one attached hydrogen (secondary N) is 3. The van der Waals surface area contributed by atoms with E-state index in [4.69, 9.17) is 19.5 Å². The SMILES string of the molecule is COC(=O)N[C@H](C(=O)N1C(C2=Nc3ccc4cc(C#Cc5ccc6c(ccc7[nH]c([C@@H]8CC9CC9N8C(=O)[C@@H](NC(=O)OC)C(C)C)nc76)c5)ccc4c3C2)C[C@H]2C[C@H]21)C(C)C. The van der Waals surface area contributed by atoms with E-state index in [0.717, 1.165) is 86.6 Å². The minimum atomic E-state index is -0.686. The van der Waals surface area contributed by atoms with E-state index in [2.05, 4.69) is 76.0 Å². The summed E-state index contributed by atoms with van der Waals surface area (Å²) in [7, 11) is 2.62. The lowest BCUT2D eigenvalue weighted by Gasteiger charge is -2.33. The van der Waals surface area contributed by atoms with Crippen molar-refractivity contribution in [2.45, 2.75) is 96.1 Å². The van der Waals surface area contributed by atoms with Gasteiger partial charge in [-0.2, -0.15) is 0 Å². The maximum atomic E-state index is 14.0. The molecule has 13 nitrogen and oxygen atoms in total. The Morgan fingerprint density at radius 1 is 0.710 bits per heavy atom. The third-order valence-corrected chi connectivity index (χ3v) is 13.8. The number of piperidine rings is 2. The molecule has 3 aliphatic heterocycles. The van der Waals surface area contributed by atoms with Crippen LogP contribution in [0.15, 0.2) is 65.7 Å². The predicted molar refractivity (Wildman–Crippen MR) is 236 cm³/mol. The summed E-state index contributed by atoms with van der Waals surface area (Å²) in [6, 6.07) is 19.5. The number of rotatable bonds is 8. The number of ether oxygens (including phenoxy) is 2. The molecule has 62 heavy (non-hydrogen) atoms. The number of carbonyl (C=O) groups is 4. The normalized spacial score (nSPS) is 24.0. The van der Waals surface area contributed by atoms with Crippen molar-refractivity contribution in [1.29, 1.82) is 0 Å². The molecule has 3 unspecified atom stereocenters. The maximum absolute atomic E-state index is 14.0. The van der Waals surface area contributed by atoms with Gasteiger partial charge in [0.05, 0.1) is 43.0 Å². The molecule has 318 valence electrons. The van der Waals surface area contributed by atoms with Crippen molar-refractivity contribution >= 4 is 68.0 Å². The third-order valence-electron chi connectivity index (χ3n) is 13.8. The van der Waals surface area contributed by atoms with Crippen LogP contribution in [0.4, 0.5) is 15.3 Å². The standard InChI is InChI=1S/C49H51N7O6/c1-24(2)42(53-48(59)61-5)46(57)55-38-19-30(38)21-40(55)37-23-34-32-13-9-26(17-28(32)11-15-35(34)50-37)7-8-27-10-14-33-29(18-27)12-16-36-44(33)52-45(51-36)41-22-31-20-39(31)56(41)47(58)43(25(3)4)54-49(60)62-6/h9-18,24-25,30-31,38-43H,19-23H2,1-6H3,(H,51,52)(H,53,59)(H,54,60)/t30-,31?,38-,39?,40?,41+,42+,43+/m1/s1. The Bertz CT molecular complexity index is 2800. The van der Waals surface area contributed by atoms with Crippen LogP contribution in [0, 0.1) is 35.5 Å². The van der Waals surface area contributed by atoms with E-state index in [1.165, 1.54) is 19.8 Å². The third kappa shape index (κ3) is 6.89. The summed E-state index contributed by atoms with van der Waals surface area (Å²) in [6.45, 7) is 7.73. The summed E-state index contributed by atoms with van der Waals surface area (Å²) in [5, 5.41) is 9.78. The van der Waals surface area contributed by atoms with Gasteiger partial charge in [-0.3, -0.25) is 14.6 Å². The molecule has 8 atom stereocenters. The number of hydrogen-bond donors (Lipinski definition) is 3. The first-order valence-electron chi connectivity index (χ1n) is 21.8. The number of fused-ring (bicyclic) bond motifs is 8. The number of aromatic amines is 1. The van der Waals surface area contributed by atoms with E-state index in [0.29, 0.717) is 18.3 Å². The van der Waals surface area contributed by atoms with Crippen LogP contribution in [-0.4, -0.2) is 93.9 Å². The molecule has 1 aromatic heterocycles. The second-order valence-corrected chi connectivity index (χ2v) is 18.4. The number of benzene rings is 4. The molecule has 4 heterocycles. The summed E-state index contributed by atoms with van der Waals surface area (Å²) < 4.78 is 9.66.